The fourth-order valence-corrected chi connectivity index (χ4v) is 2.85. The lowest BCUT2D eigenvalue weighted by Crippen LogP contribution is -2.29. The minimum absolute atomic E-state index is 0.0936. The summed E-state index contributed by atoms with van der Waals surface area (Å²) in [6.45, 7) is 4.29. The minimum atomic E-state index is 0.0936. The number of hydrazine groups is 1. The Morgan fingerprint density at radius 1 is 1.35 bits per heavy atom. The van der Waals surface area contributed by atoms with Crippen LogP contribution in [0.2, 0.25) is 0 Å². The molecule has 3 heteroatoms. The summed E-state index contributed by atoms with van der Waals surface area (Å²) in [7, 11) is 0. The van der Waals surface area contributed by atoms with Crippen molar-refractivity contribution in [2.75, 3.05) is 0 Å². The van der Waals surface area contributed by atoms with Gasteiger partial charge in [0.05, 0.1) is 6.04 Å². The maximum atomic E-state index is 5.72. The van der Waals surface area contributed by atoms with Crippen molar-refractivity contribution in [3.05, 3.63) is 57.3 Å². The third-order valence-electron chi connectivity index (χ3n) is 3.00. The third-order valence-corrected chi connectivity index (χ3v) is 3.88. The maximum absolute atomic E-state index is 5.72. The number of nitrogens with one attached hydrogen (secondary N) is 1. The van der Waals surface area contributed by atoms with E-state index in [4.69, 9.17) is 5.84 Å². The fourth-order valence-electron chi connectivity index (χ4n) is 2.12. The average Bonchev–Trinajstić information content (AvgIpc) is 2.77. The standard InChI is InChI=1S/C14H18N2S/c1-3-11-6-4-5-7-13(11)14(16-15)12-8-10(2)17-9-12/h4-9,14,16H,3,15H2,1-2H3. The van der Waals surface area contributed by atoms with Crippen molar-refractivity contribution >= 4 is 11.3 Å². The van der Waals surface area contributed by atoms with E-state index in [1.807, 2.05) is 0 Å². The van der Waals surface area contributed by atoms with Gasteiger partial charge >= 0.3 is 0 Å². The molecular formula is C14H18N2S. The Balaban J connectivity index is 2.41. The van der Waals surface area contributed by atoms with Crippen LogP contribution in [-0.4, -0.2) is 0 Å². The van der Waals surface area contributed by atoms with E-state index in [0.29, 0.717) is 0 Å². The fraction of sp³-hybridized carbons (Fsp3) is 0.286. The second-order valence-electron chi connectivity index (χ2n) is 4.14. The molecule has 0 amide bonds. The Morgan fingerprint density at radius 2 is 2.12 bits per heavy atom. The van der Waals surface area contributed by atoms with E-state index in [1.165, 1.54) is 21.6 Å². The highest BCUT2D eigenvalue weighted by Crippen LogP contribution is 2.28. The van der Waals surface area contributed by atoms with Crippen LogP contribution in [0, 0.1) is 6.92 Å². The molecule has 1 atom stereocenters. The van der Waals surface area contributed by atoms with Gasteiger partial charge < -0.3 is 0 Å². The van der Waals surface area contributed by atoms with Gasteiger partial charge in [0.2, 0.25) is 0 Å². The lowest BCUT2D eigenvalue weighted by Gasteiger charge is -2.18. The summed E-state index contributed by atoms with van der Waals surface area (Å²) >= 11 is 1.76. The Hall–Kier alpha value is -1.16. The molecule has 17 heavy (non-hydrogen) atoms. The van der Waals surface area contributed by atoms with Gasteiger partial charge in [0.1, 0.15) is 0 Å². The smallest absolute Gasteiger partial charge is 0.0720 e. The number of aryl methyl sites for hydroxylation is 2. The molecule has 0 saturated heterocycles. The zero-order valence-electron chi connectivity index (χ0n) is 10.2. The van der Waals surface area contributed by atoms with Gasteiger partial charge in [-0.1, -0.05) is 31.2 Å². The van der Waals surface area contributed by atoms with Gasteiger partial charge in [-0.15, -0.1) is 11.3 Å². The second-order valence-corrected chi connectivity index (χ2v) is 5.26. The van der Waals surface area contributed by atoms with Gasteiger partial charge in [0, 0.05) is 4.88 Å². The highest BCUT2D eigenvalue weighted by molar-refractivity contribution is 7.10. The lowest BCUT2D eigenvalue weighted by molar-refractivity contribution is 0.633. The topological polar surface area (TPSA) is 38.0 Å². The van der Waals surface area contributed by atoms with Gasteiger partial charge in [-0.25, -0.2) is 5.43 Å². The van der Waals surface area contributed by atoms with Crippen molar-refractivity contribution in [1.82, 2.24) is 5.43 Å². The largest absolute Gasteiger partial charge is 0.271 e. The van der Waals surface area contributed by atoms with Crippen LogP contribution < -0.4 is 11.3 Å². The van der Waals surface area contributed by atoms with E-state index in [2.05, 4.69) is 55.0 Å². The van der Waals surface area contributed by atoms with E-state index >= 15 is 0 Å². The monoisotopic (exact) mass is 246 g/mol. The summed E-state index contributed by atoms with van der Waals surface area (Å²) < 4.78 is 0. The number of hydrogen-bond donors (Lipinski definition) is 2. The van der Waals surface area contributed by atoms with Crippen LogP contribution in [0.4, 0.5) is 0 Å². The number of rotatable bonds is 4. The van der Waals surface area contributed by atoms with Crippen LogP contribution in [0.15, 0.2) is 35.7 Å². The molecule has 2 rings (SSSR count). The average molecular weight is 246 g/mol. The summed E-state index contributed by atoms with van der Waals surface area (Å²) in [5, 5.41) is 2.17. The Labute approximate surface area is 106 Å². The van der Waals surface area contributed by atoms with Gasteiger partial charge in [0.15, 0.2) is 0 Å². The van der Waals surface area contributed by atoms with Crippen LogP contribution in [0.1, 0.15) is 34.5 Å². The minimum Gasteiger partial charge on any atom is -0.271 e. The number of thiophene rings is 1. The summed E-state index contributed by atoms with van der Waals surface area (Å²) in [5.41, 5.74) is 6.80. The van der Waals surface area contributed by atoms with Crippen LogP contribution in [0.3, 0.4) is 0 Å². The first-order valence-corrected chi connectivity index (χ1v) is 6.73. The molecule has 1 unspecified atom stereocenters. The highest BCUT2D eigenvalue weighted by atomic mass is 32.1. The highest BCUT2D eigenvalue weighted by Gasteiger charge is 2.15. The predicted octanol–water partition coefficient (Wildman–Crippen LogP) is 3.17. The van der Waals surface area contributed by atoms with Gasteiger partial charge in [-0.3, -0.25) is 5.84 Å². The molecule has 2 nitrogen and oxygen atoms in total. The molecule has 0 radical (unpaired) electrons. The van der Waals surface area contributed by atoms with Crippen molar-refractivity contribution in [3.63, 3.8) is 0 Å². The van der Waals surface area contributed by atoms with Crippen molar-refractivity contribution in [3.8, 4) is 0 Å². The molecule has 1 heterocycles. The van der Waals surface area contributed by atoms with Gasteiger partial charge in [-0.2, -0.15) is 0 Å². The second kappa shape index (κ2) is 5.45. The van der Waals surface area contributed by atoms with Crippen molar-refractivity contribution in [2.45, 2.75) is 26.3 Å². The van der Waals surface area contributed by atoms with Gasteiger partial charge in [-0.05, 0) is 41.5 Å². The summed E-state index contributed by atoms with van der Waals surface area (Å²) in [5.74, 6) is 5.72. The molecule has 0 aliphatic rings. The van der Waals surface area contributed by atoms with E-state index in [0.717, 1.165) is 6.42 Å². The van der Waals surface area contributed by atoms with E-state index < -0.39 is 0 Å². The molecular weight excluding hydrogens is 228 g/mol. The molecule has 0 fully saturated rings. The Morgan fingerprint density at radius 3 is 2.71 bits per heavy atom. The molecule has 0 spiro atoms. The lowest BCUT2D eigenvalue weighted by atomic mass is 9.95. The van der Waals surface area contributed by atoms with Crippen molar-refractivity contribution < 1.29 is 0 Å². The zero-order chi connectivity index (χ0) is 12.3. The van der Waals surface area contributed by atoms with Crippen LogP contribution in [0.25, 0.3) is 0 Å². The van der Waals surface area contributed by atoms with Crippen LogP contribution in [-0.2, 0) is 6.42 Å². The first-order valence-electron chi connectivity index (χ1n) is 5.85. The quantitative estimate of drug-likeness (QED) is 0.642. The Kier molecular flexibility index (Phi) is 3.94. The molecule has 1 aromatic carbocycles. The van der Waals surface area contributed by atoms with Crippen molar-refractivity contribution in [1.29, 1.82) is 0 Å². The zero-order valence-corrected chi connectivity index (χ0v) is 11.1. The molecule has 0 aliphatic heterocycles. The first-order chi connectivity index (χ1) is 8.26. The molecule has 0 aliphatic carbocycles. The maximum Gasteiger partial charge on any atom is 0.0720 e. The normalized spacial score (nSPS) is 12.6. The van der Waals surface area contributed by atoms with Crippen molar-refractivity contribution in [2.24, 2.45) is 5.84 Å². The molecule has 2 aromatic rings. The molecule has 0 saturated carbocycles. The predicted molar refractivity (Wildman–Crippen MR) is 74.0 cm³/mol. The summed E-state index contributed by atoms with van der Waals surface area (Å²) in [6, 6.07) is 10.8. The van der Waals surface area contributed by atoms with E-state index in [9.17, 15) is 0 Å². The molecule has 1 aromatic heterocycles. The number of hydrogen-bond acceptors (Lipinski definition) is 3. The van der Waals surface area contributed by atoms with Crippen LogP contribution in [0.5, 0.6) is 0 Å². The number of nitrogens with two attached hydrogens (primary N) is 1. The van der Waals surface area contributed by atoms with E-state index in [-0.39, 0.29) is 6.04 Å². The van der Waals surface area contributed by atoms with Gasteiger partial charge in [0.25, 0.3) is 0 Å². The Bertz CT molecular complexity index is 490. The van der Waals surface area contributed by atoms with Crippen LogP contribution >= 0.6 is 11.3 Å². The molecule has 3 N–H and O–H groups in total. The third kappa shape index (κ3) is 2.57. The van der Waals surface area contributed by atoms with E-state index in [1.54, 1.807) is 11.3 Å². The SMILES string of the molecule is CCc1ccccc1C(NN)c1csc(C)c1. The summed E-state index contributed by atoms with van der Waals surface area (Å²) in [4.78, 5) is 1.31. The molecule has 0 bridgehead atoms. The summed E-state index contributed by atoms with van der Waals surface area (Å²) in [6.07, 6.45) is 1.03. The molecule has 90 valence electrons. The first kappa shape index (κ1) is 12.3. The number of benzene rings is 1.